The van der Waals surface area contributed by atoms with E-state index in [4.69, 9.17) is 16.0 Å². The Bertz CT molecular complexity index is 1590. The lowest BCUT2D eigenvalue weighted by Crippen LogP contribution is -2.41. The third-order valence-electron chi connectivity index (χ3n) is 7.84. The molecule has 3 aromatic carbocycles. The van der Waals surface area contributed by atoms with Crippen LogP contribution in [0.25, 0.3) is 11.3 Å². The van der Waals surface area contributed by atoms with Crippen molar-refractivity contribution in [3.63, 3.8) is 0 Å². The predicted octanol–water partition coefficient (Wildman–Crippen LogP) is 5.52. The Labute approximate surface area is 222 Å². The third-order valence-corrected chi connectivity index (χ3v) is 8.15. The fourth-order valence-corrected chi connectivity index (χ4v) is 6.57. The highest BCUT2D eigenvalue weighted by Crippen LogP contribution is 2.60. The Balaban J connectivity index is 1.20. The molecule has 1 aliphatic heterocycles. The van der Waals surface area contributed by atoms with E-state index in [1.165, 1.54) is 18.3 Å². The zero-order chi connectivity index (χ0) is 26.1. The normalized spacial score (nSPS) is 23.0. The molecule has 4 aromatic rings. The van der Waals surface area contributed by atoms with Crippen LogP contribution in [0.2, 0.25) is 5.02 Å². The number of furan rings is 1. The molecule has 1 saturated heterocycles. The van der Waals surface area contributed by atoms with Gasteiger partial charge in [0, 0.05) is 17.4 Å². The van der Waals surface area contributed by atoms with Crippen LogP contribution in [0, 0.1) is 11.8 Å². The number of carbonyl (C=O) groups excluding carboxylic acids is 2. The SMILES string of the molecule is O=C(O)c1ccc(-c2ccc(/C=N\N3C(=O)[C@@H]4C5c6ccccc6C(c6ccccc65)[C@H]4C3=O)o2)cc1Cl. The topological polar surface area (TPSA) is 100 Å². The van der Waals surface area contributed by atoms with Crippen LogP contribution in [0.3, 0.4) is 0 Å². The Kier molecular flexibility index (Phi) is 4.93. The lowest BCUT2D eigenvalue weighted by atomic mass is 9.55. The summed E-state index contributed by atoms with van der Waals surface area (Å²) in [6, 6.07) is 24.0. The van der Waals surface area contributed by atoms with E-state index in [-0.39, 0.29) is 34.2 Å². The van der Waals surface area contributed by atoms with E-state index >= 15 is 0 Å². The Morgan fingerprint density at radius 3 is 1.89 bits per heavy atom. The second kappa shape index (κ2) is 8.26. The minimum Gasteiger partial charge on any atom is -0.478 e. The maximum absolute atomic E-state index is 13.6. The first-order valence-electron chi connectivity index (χ1n) is 12.2. The number of aromatic carboxylic acids is 1. The molecule has 2 bridgehead atoms. The van der Waals surface area contributed by atoms with E-state index in [0.29, 0.717) is 17.1 Å². The molecule has 1 aromatic heterocycles. The summed E-state index contributed by atoms with van der Waals surface area (Å²) in [5.74, 6) is -2.34. The first-order valence-corrected chi connectivity index (χ1v) is 12.5. The molecular formula is C30H19ClN2O5. The van der Waals surface area contributed by atoms with Crippen molar-refractivity contribution >= 4 is 35.6 Å². The molecule has 8 heteroatoms. The molecule has 2 heterocycles. The van der Waals surface area contributed by atoms with Gasteiger partial charge in [-0.15, -0.1) is 0 Å². The van der Waals surface area contributed by atoms with E-state index in [1.807, 2.05) is 24.3 Å². The van der Waals surface area contributed by atoms with Gasteiger partial charge in [-0.25, -0.2) is 4.79 Å². The van der Waals surface area contributed by atoms with Gasteiger partial charge in [-0.1, -0.05) is 66.2 Å². The second-order valence-corrected chi connectivity index (χ2v) is 10.1. The molecule has 38 heavy (non-hydrogen) atoms. The zero-order valence-corrected chi connectivity index (χ0v) is 20.5. The number of carbonyl (C=O) groups is 3. The van der Waals surface area contributed by atoms with Gasteiger partial charge in [-0.2, -0.15) is 10.1 Å². The average Bonchev–Trinajstić information content (AvgIpc) is 3.50. The van der Waals surface area contributed by atoms with Crippen molar-refractivity contribution in [2.45, 2.75) is 11.8 Å². The number of rotatable bonds is 4. The highest BCUT2D eigenvalue weighted by atomic mass is 35.5. The number of amides is 2. The minimum absolute atomic E-state index is 0.00504. The Morgan fingerprint density at radius 1 is 0.842 bits per heavy atom. The van der Waals surface area contributed by atoms with Gasteiger partial charge in [0.05, 0.1) is 28.6 Å². The lowest BCUT2D eigenvalue weighted by molar-refractivity contribution is -0.139. The Hall–Kier alpha value is -4.49. The largest absolute Gasteiger partial charge is 0.478 e. The van der Waals surface area contributed by atoms with Crippen LogP contribution >= 0.6 is 11.6 Å². The van der Waals surface area contributed by atoms with Gasteiger partial charge in [0.15, 0.2) is 0 Å². The maximum Gasteiger partial charge on any atom is 0.337 e. The maximum atomic E-state index is 13.6. The van der Waals surface area contributed by atoms with Crippen LogP contribution < -0.4 is 0 Å². The van der Waals surface area contributed by atoms with Crippen molar-refractivity contribution in [2.24, 2.45) is 16.9 Å². The van der Waals surface area contributed by atoms with Crippen LogP contribution in [-0.2, 0) is 9.59 Å². The van der Waals surface area contributed by atoms with E-state index in [9.17, 15) is 19.5 Å². The van der Waals surface area contributed by atoms with E-state index < -0.39 is 17.8 Å². The van der Waals surface area contributed by atoms with Crippen LogP contribution in [0.4, 0.5) is 0 Å². The molecule has 4 aliphatic rings. The smallest absolute Gasteiger partial charge is 0.337 e. The number of hydrogen-bond acceptors (Lipinski definition) is 5. The molecule has 0 radical (unpaired) electrons. The van der Waals surface area contributed by atoms with Crippen LogP contribution in [0.5, 0.6) is 0 Å². The first-order chi connectivity index (χ1) is 18.4. The number of hydrazone groups is 1. The van der Waals surface area contributed by atoms with Gasteiger partial charge < -0.3 is 9.52 Å². The van der Waals surface area contributed by atoms with Gasteiger partial charge in [-0.3, -0.25) is 9.59 Å². The van der Waals surface area contributed by atoms with Gasteiger partial charge in [0.1, 0.15) is 11.5 Å². The fraction of sp³-hybridized carbons (Fsp3) is 0.133. The first kappa shape index (κ1) is 22.7. The number of benzene rings is 3. The fourth-order valence-electron chi connectivity index (χ4n) is 6.31. The molecular weight excluding hydrogens is 504 g/mol. The molecule has 0 unspecified atom stereocenters. The molecule has 0 spiro atoms. The monoisotopic (exact) mass is 522 g/mol. The van der Waals surface area contributed by atoms with E-state index in [2.05, 4.69) is 29.4 Å². The summed E-state index contributed by atoms with van der Waals surface area (Å²) in [6.45, 7) is 0. The summed E-state index contributed by atoms with van der Waals surface area (Å²) in [6.07, 6.45) is 1.35. The van der Waals surface area contributed by atoms with Crippen LogP contribution in [-0.4, -0.2) is 34.1 Å². The molecule has 2 amide bonds. The number of imide groups is 1. The molecule has 7 nitrogen and oxygen atoms in total. The summed E-state index contributed by atoms with van der Waals surface area (Å²) >= 11 is 6.09. The molecule has 0 saturated carbocycles. The van der Waals surface area contributed by atoms with Crippen molar-refractivity contribution < 1.29 is 23.9 Å². The van der Waals surface area contributed by atoms with Crippen molar-refractivity contribution in [3.8, 4) is 11.3 Å². The van der Waals surface area contributed by atoms with Crippen molar-refractivity contribution in [1.82, 2.24) is 5.01 Å². The molecule has 1 fully saturated rings. The molecule has 8 rings (SSSR count). The van der Waals surface area contributed by atoms with Crippen molar-refractivity contribution in [2.75, 3.05) is 0 Å². The number of hydrogen-bond donors (Lipinski definition) is 1. The molecule has 3 aliphatic carbocycles. The van der Waals surface area contributed by atoms with E-state index in [1.54, 1.807) is 18.2 Å². The highest BCUT2D eigenvalue weighted by molar-refractivity contribution is 6.33. The Morgan fingerprint density at radius 2 is 1.39 bits per heavy atom. The van der Waals surface area contributed by atoms with Crippen molar-refractivity contribution in [3.05, 3.63) is 117 Å². The highest BCUT2D eigenvalue weighted by Gasteiger charge is 2.61. The van der Waals surface area contributed by atoms with E-state index in [0.717, 1.165) is 27.3 Å². The summed E-state index contributed by atoms with van der Waals surface area (Å²) in [7, 11) is 0. The second-order valence-electron chi connectivity index (χ2n) is 9.70. The number of nitrogens with zero attached hydrogens (tertiary/aromatic N) is 2. The van der Waals surface area contributed by atoms with Gasteiger partial charge in [-0.05, 0) is 46.5 Å². The third kappa shape index (κ3) is 3.15. The average molecular weight is 523 g/mol. The van der Waals surface area contributed by atoms with Crippen LogP contribution in [0.1, 0.15) is 50.2 Å². The molecule has 186 valence electrons. The predicted molar refractivity (Wildman–Crippen MR) is 139 cm³/mol. The number of carboxylic acid groups (broad SMARTS) is 1. The zero-order valence-electron chi connectivity index (χ0n) is 19.7. The van der Waals surface area contributed by atoms with Gasteiger partial charge >= 0.3 is 5.97 Å². The van der Waals surface area contributed by atoms with Gasteiger partial charge in [0.25, 0.3) is 11.8 Å². The lowest BCUT2D eigenvalue weighted by Gasteiger charge is -2.45. The summed E-state index contributed by atoms with van der Waals surface area (Å²) < 4.78 is 5.83. The van der Waals surface area contributed by atoms with Gasteiger partial charge in [0.2, 0.25) is 0 Å². The number of halogens is 1. The summed E-state index contributed by atoms with van der Waals surface area (Å²) in [5.41, 5.74) is 5.00. The quantitative estimate of drug-likeness (QED) is 0.281. The van der Waals surface area contributed by atoms with Crippen LogP contribution in [0.15, 0.2) is 88.4 Å². The minimum atomic E-state index is -1.12. The molecule has 1 N–H and O–H groups in total. The standard InChI is InChI=1S/C30H19ClN2O5/c31-22-13-15(9-11-21(22)30(36)37)23-12-10-16(38-23)14-32-33-28(34)26-24-17-5-1-2-6-18(17)25(27(26)29(33)35)20-8-4-3-7-19(20)24/h1-14,24-27H,(H,36,37)/b32-14-/t24?,25?,26-,27-/m1/s1. The molecule has 2 atom stereocenters. The summed E-state index contributed by atoms with van der Waals surface area (Å²) in [5, 5.41) is 14.5. The van der Waals surface area contributed by atoms with Crippen molar-refractivity contribution in [1.29, 1.82) is 0 Å². The summed E-state index contributed by atoms with van der Waals surface area (Å²) in [4.78, 5) is 38.5. The number of carboxylic acids is 1.